The highest BCUT2D eigenvalue weighted by atomic mass is 35.5. The second-order valence-corrected chi connectivity index (χ2v) is 2.99. The Labute approximate surface area is 80.7 Å². The minimum atomic E-state index is -0.405. The van der Waals surface area contributed by atoms with Gasteiger partial charge in [0.1, 0.15) is 5.82 Å². The fraction of sp³-hybridized carbons (Fsp3) is 0.222. The molecule has 2 nitrogen and oxygen atoms in total. The highest BCUT2D eigenvalue weighted by Gasteiger charge is 2.12. The molecule has 0 atom stereocenters. The van der Waals surface area contributed by atoms with Gasteiger partial charge in [0.25, 0.3) is 5.91 Å². The van der Waals surface area contributed by atoms with Crippen molar-refractivity contribution in [3.63, 3.8) is 0 Å². The van der Waals surface area contributed by atoms with Crippen molar-refractivity contribution in [2.24, 2.45) is 0 Å². The fourth-order valence-corrected chi connectivity index (χ4v) is 1.21. The van der Waals surface area contributed by atoms with Gasteiger partial charge in [0.05, 0.1) is 10.6 Å². The van der Waals surface area contributed by atoms with Crippen LogP contribution in [0.25, 0.3) is 0 Å². The second-order valence-electron chi connectivity index (χ2n) is 2.61. The third-order valence-electron chi connectivity index (χ3n) is 1.79. The standard InChI is InChI=1S/C9H9ClFNO/c1-5-7(11)4-3-6(8(5)10)9(13)12-2/h3-4H,1-2H3,(H,12,13). The SMILES string of the molecule is CNC(=O)c1ccc(F)c(C)c1Cl. The Morgan fingerprint density at radius 3 is 2.69 bits per heavy atom. The van der Waals surface area contributed by atoms with Crippen molar-refractivity contribution in [2.75, 3.05) is 7.05 Å². The first-order chi connectivity index (χ1) is 6.07. The van der Waals surface area contributed by atoms with Gasteiger partial charge < -0.3 is 5.32 Å². The average molecular weight is 202 g/mol. The Morgan fingerprint density at radius 2 is 2.15 bits per heavy atom. The zero-order chi connectivity index (χ0) is 10.0. The molecule has 0 fully saturated rings. The van der Waals surface area contributed by atoms with E-state index in [0.717, 1.165) is 0 Å². The molecule has 0 unspecified atom stereocenters. The first kappa shape index (κ1) is 9.99. The summed E-state index contributed by atoms with van der Waals surface area (Å²) < 4.78 is 12.9. The lowest BCUT2D eigenvalue weighted by Gasteiger charge is -2.05. The van der Waals surface area contributed by atoms with Crippen molar-refractivity contribution < 1.29 is 9.18 Å². The summed E-state index contributed by atoms with van der Waals surface area (Å²) in [4.78, 5) is 11.2. The number of halogens is 2. The number of rotatable bonds is 1. The third-order valence-corrected chi connectivity index (χ3v) is 2.28. The summed E-state index contributed by atoms with van der Waals surface area (Å²) >= 11 is 5.77. The van der Waals surface area contributed by atoms with E-state index in [1.54, 1.807) is 0 Å². The smallest absolute Gasteiger partial charge is 0.252 e. The Kier molecular flexibility index (Phi) is 2.88. The molecular formula is C9H9ClFNO. The lowest BCUT2D eigenvalue weighted by Crippen LogP contribution is -2.18. The molecule has 0 aromatic heterocycles. The van der Waals surface area contributed by atoms with Crippen LogP contribution in [0.5, 0.6) is 0 Å². The predicted octanol–water partition coefficient (Wildman–Crippen LogP) is 2.15. The minimum Gasteiger partial charge on any atom is -0.355 e. The van der Waals surface area contributed by atoms with Crippen molar-refractivity contribution >= 4 is 17.5 Å². The molecule has 4 heteroatoms. The molecular weight excluding hydrogens is 193 g/mol. The van der Waals surface area contributed by atoms with Gasteiger partial charge in [-0.05, 0) is 19.1 Å². The molecule has 70 valence electrons. The number of hydrogen-bond acceptors (Lipinski definition) is 1. The zero-order valence-electron chi connectivity index (χ0n) is 7.32. The average Bonchev–Trinajstić information content (AvgIpc) is 2.13. The molecule has 0 radical (unpaired) electrons. The molecule has 1 aromatic rings. The highest BCUT2D eigenvalue weighted by Crippen LogP contribution is 2.22. The molecule has 0 saturated carbocycles. The van der Waals surface area contributed by atoms with Gasteiger partial charge in [-0.2, -0.15) is 0 Å². The summed E-state index contributed by atoms with van der Waals surface area (Å²) in [5.41, 5.74) is 0.589. The highest BCUT2D eigenvalue weighted by molar-refractivity contribution is 6.34. The van der Waals surface area contributed by atoms with Gasteiger partial charge in [0.15, 0.2) is 0 Å². The number of hydrogen-bond donors (Lipinski definition) is 1. The molecule has 0 aliphatic heterocycles. The molecule has 0 aliphatic carbocycles. The van der Waals surface area contributed by atoms with Crippen molar-refractivity contribution in [1.29, 1.82) is 0 Å². The molecule has 1 rings (SSSR count). The Balaban J connectivity index is 3.26. The topological polar surface area (TPSA) is 29.1 Å². The van der Waals surface area contributed by atoms with Gasteiger partial charge >= 0.3 is 0 Å². The van der Waals surface area contributed by atoms with Gasteiger partial charge in [-0.3, -0.25) is 4.79 Å². The van der Waals surface area contributed by atoms with Gasteiger partial charge in [-0.15, -0.1) is 0 Å². The van der Waals surface area contributed by atoms with Crippen LogP contribution in [0.1, 0.15) is 15.9 Å². The predicted molar refractivity (Wildman–Crippen MR) is 49.5 cm³/mol. The van der Waals surface area contributed by atoms with E-state index in [9.17, 15) is 9.18 Å². The molecule has 0 heterocycles. The van der Waals surface area contributed by atoms with Gasteiger partial charge in [-0.25, -0.2) is 4.39 Å². The summed E-state index contributed by atoms with van der Waals surface area (Å²) in [7, 11) is 1.50. The van der Waals surface area contributed by atoms with Gasteiger partial charge in [0.2, 0.25) is 0 Å². The van der Waals surface area contributed by atoms with Crippen molar-refractivity contribution in [1.82, 2.24) is 5.32 Å². The minimum absolute atomic E-state index is 0.166. The molecule has 1 amide bonds. The van der Waals surface area contributed by atoms with Crippen LogP contribution in [0.15, 0.2) is 12.1 Å². The molecule has 1 aromatic carbocycles. The normalized spacial score (nSPS) is 9.85. The van der Waals surface area contributed by atoms with Crippen LogP contribution < -0.4 is 5.32 Å². The molecule has 0 bridgehead atoms. The summed E-state index contributed by atoms with van der Waals surface area (Å²) in [5, 5.41) is 2.59. The quantitative estimate of drug-likeness (QED) is 0.741. The number of amides is 1. The summed E-state index contributed by atoms with van der Waals surface area (Å²) in [6, 6.07) is 2.59. The van der Waals surface area contributed by atoms with Crippen molar-refractivity contribution in [2.45, 2.75) is 6.92 Å². The van der Waals surface area contributed by atoms with Crippen LogP contribution in [0.4, 0.5) is 4.39 Å². The zero-order valence-corrected chi connectivity index (χ0v) is 8.07. The maximum atomic E-state index is 12.9. The monoisotopic (exact) mass is 201 g/mol. The van der Waals surface area contributed by atoms with E-state index >= 15 is 0 Å². The van der Waals surface area contributed by atoms with Crippen LogP contribution in [0.2, 0.25) is 5.02 Å². The van der Waals surface area contributed by atoms with E-state index in [1.165, 1.54) is 26.1 Å². The van der Waals surface area contributed by atoms with Crippen molar-refractivity contribution in [3.8, 4) is 0 Å². The van der Waals surface area contributed by atoms with Crippen LogP contribution in [-0.2, 0) is 0 Å². The first-order valence-corrected chi connectivity index (χ1v) is 4.12. The van der Waals surface area contributed by atoms with Crippen LogP contribution >= 0.6 is 11.6 Å². The Bertz CT molecular complexity index is 352. The van der Waals surface area contributed by atoms with E-state index in [4.69, 9.17) is 11.6 Å². The Morgan fingerprint density at radius 1 is 1.54 bits per heavy atom. The lowest BCUT2D eigenvalue weighted by atomic mass is 10.1. The maximum Gasteiger partial charge on any atom is 0.252 e. The molecule has 0 saturated heterocycles. The number of nitrogens with one attached hydrogen (secondary N) is 1. The number of carbonyl (C=O) groups is 1. The maximum absolute atomic E-state index is 12.9. The summed E-state index contributed by atoms with van der Waals surface area (Å²) in [5.74, 6) is -0.717. The fourth-order valence-electron chi connectivity index (χ4n) is 0.972. The van der Waals surface area contributed by atoms with Crippen LogP contribution in [0.3, 0.4) is 0 Å². The lowest BCUT2D eigenvalue weighted by molar-refractivity contribution is 0.0963. The van der Waals surface area contributed by atoms with Gasteiger partial charge in [-0.1, -0.05) is 11.6 Å². The number of carbonyl (C=O) groups excluding carboxylic acids is 1. The van der Waals surface area contributed by atoms with E-state index < -0.39 is 5.82 Å². The van der Waals surface area contributed by atoms with E-state index in [1.807, 2.05) is 0 Å². The Hall–Kier alpha value is -1.09. The van der Waals surface area contributed by atoms with E-state index in [0.29, 0.717) is 11.1 Å². The molecule has 0 spiro atoms. The molecule has 13 heavy (non-hydrogen) atoms. The largest absolute Gasteiger partial charge is 0.355 e. The third kappa shape index (κ3) is 1.80. The second kappa shape index (κ2) is 3.75. The summed E-state index contributed by atoms with van der Waals surface area (Å²) in [6.45, 7) is 1.53. The van der Waals surface area contributed by atoms with Crippen molar-refractivity contribution in [3.05, 3.63) is 34.1 Å². The first-order valence-electron chi connectivity index (χ1n) is 3.74. The van der Waals surface area contributed by atoms with Crippen LogP contribution in [0, 0.1) is 12.7 Å². The van der Waals surface area contributed by atoms with Gasteiger partial charge in [0, 0.05) is 12.6 Å². The van der Waals surface area contributed by atoms with E-state index in [2.05, 4.69) is 5.32 Å². The molecule has 0 aliphatic rings. The number of benzene rings is 1. The van der Waals surface area contributed by atoms with E-state index in [-0.39, 0.29) is 10.9 Å². The molecule has 1 N–H and O–H groups in total. The van der Waals surface area contributed by atoms with Crippen LogP contribution in [-0.4, -0.2) is 13.0 Å². The summed E-state index contributed by atoms with van der Waals surface area (Å²) in [6.07, 6.45) is 0.